The third kappa shape index (κ3) is 10.6. The van der Waals surface area contributed by atoms with E-state index in [1.54, 1.807) is 14.1 Å². The topological polar surface area (TPSA) is 129 Å². The average Bonchev–Trinajstić information content (AvgIpc) is 2.82. The number of nitrogens with two attached hydrogens (primary N) is 2. The maximum atomic E-state index is 10.3. The van der Waals surface area contributed by atoms with Gasteiger partial charge in [0.25, 0.3) is 0 Å². The molecule has 0 aromatic heterocycles. The van der Waals surface area contributed by atoms with Crippen molar-refractivity contribution in [3.63, 3.8) is 0 Å². The number of nitrogens with zero attached hydrogens (tertiary/aromatic N) is 2. The highest BCUT2D eigenvalue weighted by molar-refractivity contribution is 8.77. The van der Waals surface area contributed by atoms with Gasteiger partial charge in [0.05, 0.1) is 0 Å². The molecule has 0 aromatic rings. The standard InChI is InChI=1S/C9H16O2S2.C4H11N5/c1-9(6-7-12-13-9)5-3-2-4-8(10)11;1-9(2)4(7)8-3(5)6/h2-7H2,1H3,(H,10,11);1-2H3,(H5,5,6,7,8)/t9-;/m1./s1. The number of aliphatic imine (C=N–C) groups is 1. The summed E-state index contributed by atoms with van der Waals surface area (Å²) in [5.74, 6) is 0.544. The Labute approximate surface area is 140 Å². The lowest BCUT2D eigenvalue weighted by Crippen LogP contribution is -2.28. The molecule has 1 aliphatic rings. The van der Waals surface area contributed by atoms with Gasteiger partial charge in [-0.2, -0.15) is 4.99 Å². The normalized spacial score (nSPS) is 19.8. The first-order chi connectivity index (χ1) is 10.2. The molecule has 0 aliphatic carbocycles. The predicted molar refractivity (Wildman–Crippen MR) is 96.4 cm³/mol. The summed E-state index contributed by atoms with van der Waals surface area (Å²) in [5, 5.41) is 15.5. The maximum Gasteiger partial charge on any atom is 0.303 e. The first kappa shape index (κ1) is 20.9. The van der Waals surface area contributed by atoms with E-state index in [2.05, 4.69) is 11.9 Å². The highest BCUT2D eigenvalue weighted by Crippen LogP contribution is 2.49. The van der Waals surface area contributed by atoms with Crippen molar-refractivity contribution < 1.29 is 9.90 Å². The van der Waals surface area contributed by atoms with Crippen molar-refractivity contribution in [2.24, 2.45) is 16.5 Å². The van der Waals surface area contributed by atoms with Gasteiger partial charge in [-0.1, -0.05) is 28.0 Å². The van der Waals surface area contributed by atoms with Crippen LogP contribution in [0.15, 0.2) is 4.99 Å². The summed E-state index contributed by atoms with van der Waals surface area (Å²) < 4.78 is 0.420. The van der Waals surface area contributed by atoms with Crippen molar-refractivity contribution in [3.05, 3.63) is 0 Å². The Kier molecular flexibility index (Phi) is 10.1. The number of hydrogen-bond acceptors (Lipinski definition) is 4. The Hall–Kier alpha value is -1.09. The zero-order chi connectivity index (χ0) is 17.2. The quantitative estimate of drug-likeness (QED) is 0.258. The van der Waals surface area contributed by atoms with Gasteiger partial charge in [-0.15, -0.1) is 0 Å². The second-order valence-electron chi connectivity index (χ2n) is 5.46. The number of carboxylic acids is 1. The maximum absolute atomic E-state index is 10.3. The van der Waals surface area contributed by atoms with Gasteiger partial charge in [-0.05, 0) is 26.2 Å². The molecule has 0 amide bonds. The van der Waals surface area contributed by atoms with E-state index in [1.807, 2.05) is 21.6 Å². The molecule has 1 atom stereocenters. The number of aliphatic carboxylic acids is 1. The minimum atomic E-state index is -0.668. The van der Waals surface area contributed by atoms with Crippen LogP contribution in [0.1, 0.15) is 39.0 Å². The van der Waals surface area contributed by atoms with Crippen LogP contribution in [0.3, 0.4) is 0 Å². The van der Waals surface area contributed by atoms with Gasteiger partial charge < -0.3 is 21.5 Å². The molecule has 128 valence electrons. The number of carboxylic acid groups (broad SMARTS) is 1. The van der Waals surface area contributed by atoms with Crippen LogP contribution in [-0.2, 0) is 4.79 Å². The van der Waals surface area contributed by atoms with Crippen molar-refractivity contribution in [1.29, 1.82) is 5.41 Å². The van der Waals surface area contributed by atoms with E-state index >= 15 is 0 Å². The van der Waals surface area contributed by atoms with Crippen LogP contribution in [0.25, 0.3) is 0 Å². The van der Waals surface area contributed by atoms with Crippen LogP contribution in [0, 0.1) is 5.41 Å². The number of carbonyl (C=O) groups is 1. The van der Waals surface area contributed by atoms with Gasteiger partial charge in [0, 0.05) is 31.0 Å². The number of hydrogen-bond donors (Lipinski definition) is 4. The van der Waals surface area contributed by atoms with Crippen LogP contribution in [0.2, 0.25) is 0 Å². The van der Waals surface area contributed by atoms with E-state index < -0.39 is 5.97 Å². The fourth-order valence-corrected chi connectivity index (χ4v) is 4.94. The zero-order valence-corrected chi connectivity index (χ0v) is 15.1. The molecule has 6 N–H and O–H groups in total. The Morgan fingerprint density at radius 2 is 2.05 bits per heavy atom. The molecule has 0 unspecified atom stereocenters. The SMILES string of the molecule is CN(C)C(=N)N=C(N)N.C[C@@]1(CCCCC(=O)O)CCSS1. The Balaban J connectivity index is 0.000000433. The lowest BCUT2D eigenvalue weighted by molar-refractivity contribution is -0.137. The fourth-order valence-electron chi connectivity index (χ4n) is 1.65. The van der Waals surface area contributed by atoms with Crippen molar-refractivity contribution >= 4 is 39.5 Å². The smallest absolute Gasteiger partial charge is 0.303 e. The van der Waals surface area contributed by atoms with E-state index in [9.17, 15) is 4.79 Å². The third-order valence-electron chi connectivity index (χ3n) is 2.98. The molecular weight excluding hydrogens is 322 g/mol. The van der Waals surface area contributed by atoms with Gasteiger partial charge in [0.15, 0.2) is 5.96 Å². The summed E-state index contributed by atoms with van der Waals surface area (Å²) in [4.78, 5) is 15.2. The molecule has 1 rings (SSSR count). The summed E-state index contributed by atoms with van der Waals surface area (Å²) in [6.45, 7) is 2.29. The van der Waals surface area contributed by atoms with E-state index in [0.29, 0.717) is 11.2 Å². The van der Waals surface area contributed by atoms with Gasteiger partial charge >= 0.3 is 5.97 Å². The molecule has 0 bridgehead atoms. The highest BCUT2D eigenvalue weighted by atomic mass is 33.1. The zero-order valence-electron chi connectivity index (χ0n) is 13.5. The summed E-state index contributed by atoms with van der Waals surface area (Å²) >= 11 is 0. The lowest BCUT2D eigenvalue weighted by Gasteiger charge is -2.20. The summed E-state index contributed by atoms with van der Waals surface area (Å²) in [6, 6.07) is 0. The fraction of sp³-hybridized carbons (Fsp3) is 0.769. The van der Waals surface area contributed by atoms with E-state index in [-0.39, 0.29) is 11.9 Å². The Morgan fingerprint density at radius 3 is 2.41 bits per heavy atom. The van der Waals surface area contributed by atoms with Crippen molar-refractivity contribution in [3.8, 4) is 0 Å². The van der Waals surface area contributed by atoms with Gasteiger partial charge in [0.1, 0.15) is 0 Å². The molecule has 0 radical (unpaired) electrons. The van der Waals surface area contributed by atoms with Gasteiger partial charge in [-0.25, -0.2) is 0 Å². The molecule has 1 heterocycles. The minimum Gasteiger partial charge on any atom is -0.481 e. The second-order valence-corrected chi connectivity index (χ2v) is 8.46. The van der Waals surface area contributed by atoms with Crippen LogP contribution in [0.5, 0.6) is 0 Å². The molecule has 0 spiro atoms. The van der Waals surface area contributed by atoms with Crippen LogP contribution in [0.4, 0.5) is 0 Å². The molecule has 1 fully saturated rings. The molecule has 1 aliphatic heterocycles. The highest BCUT2D eigenvalue weighted by Gasteiger charge is 2.29. The summed E-state index contributed by atoms with van der Waals surface area (Å²) in [5.41, 5.74) is 9.98. The van der Waals surface area contributed by atoms with Gasteiger partial charge in [0.2, 0.25) is 5.96 Å². The summed E-state index contributed by atoms with van der Waals surface area (Å²) in [7, 11) is 7.30. The second kappa shape index (κ2) is 10.6. The molecule has 1 saturated heterocycles. The average molecular weight is 350 g/mol. The van der Waals surface area contributed by atoms with Crippen molar-refractivity contribution in [2.75, 3.05) is 19.8 Å². The van der Waals surface area contributed by atoms with E-state index in [1.165, 1.54) is 17.1 Å². The Morgan fingerprint density at radius 1 is 1.41 bits per heavy atom. The van der Waals surface area contributed by atoms with Gasteiger partial charge in [-0.3, -0.25) is 10.2 Å². The minimum absolute atomic E-state index is 0.0509. The largest absolute Gasteiger partial charge is 0.481 e. The van der Waals surface area contributed by atoms with Crippen LogP contribution >= 0.6 is 21.6 Å². The first-order valence-corrected chi connectivity index (χ1v) is 9.36. The Bertz CT molecular complexity index is 392. The first-order valence-electron chi connectivity index (χ1n) is 7.04. The number of rotatable bonds is 5. The molecule has 7 nitrogen and oxygen atoms in total. The number of nitrogens with one attached hydrogen (secondary N) is 1. The number of unbranched alkanes of at least 4 members (excludes halogenated alkanes) is 1. The molecule has 0 saturated carbocycles. The lowest BCUT2D eigenvalue weighted by atomic mass is 9.99. The van der Waals surface area contributed by atoms with Crippen molar-refractivity contribution in [2.45, 2.75) is 43.8 Å². The molecule has 0 aromatic carbocycles. The molecule has 22 heavy (non-hydrogen) atoms. The van der Waals surface area contributed by atoms with E-state index in [0.717, 1.165) is 19.3 Å². The summed E-state index contributed by atoms with van der Waals surface area (Å²) in [6.07, 6.45) is 4.65. The predicted octanol–water partition coefficient (Wildman–Crippen LogP) is 1.93. The molecule has 9 heteroatoms. The van der Waals surface area contributed by atoms with Crippen LogP contribution < -0.4 is 11.5 Å². The van der Waals surface area contributed by atoms with Crippen LogP contribution in [-0.4, -0.2) is 52.5 Å². The monoisotopic (exact) mass is 349 g/mol. The third-order valence-corrected chi connectivity index (χ3v) is 6.34. The van der Waals surface area contributed by atoms with E-state index in [4.69, 9.17) is 22.0 Å². The number of guanidine groups is 2. The van der Waals surface area contributed by atoms with Crippen molar-refractivity contribution in [1.82, 2.24) is 4.90 Å². The molecular formula is C13H27N5O2S2.